The summed E-state index contributed by atoms with van der Waals surface area (Å²) in [5, 5.41) is 33.2. The van der Waals surface area contributed by atoms with Gasteiger partial charge in [-0.1, -0.05) is 24.3 Å². The fourth-order valence-electron chi connectivity index (χ4n) is 2.97. The van der Waals surface area contributed by atoms with Crippen LogP contribution in [0.5, 0.6) is 0 Å². The normalized spacial score (nSPS) is 18.5. The Bertz CT molecular complexity index is 625. The molecule has 2 amide bonds. The van der Waals surface area contributed by atoms with E-state index in [1.165, 1.54) is 0 Å². The van der Waals surface area contributed by atoms with Crippen LogP contribution in [0, 0.1) is 6.92 Å². The number of aryl methyl sites for hydroxylation is 1. The van der Waals surface area contributed by atoms with Crippen LogP contribution in [0.1, 0.15) is 17.5 Å². The molecule has 0 unspecified atom stereocenters. The van der Waals surface area contributed by atoms with Gasteiger partial charge < -0.3 is 26.0 Å². The summed E-state index contributed by atoms with van der Waals surface area (Å²) in [6.45, 7) is 1.86. The van der Waals surface area contributed by atoms with E-state index in [4.69, 9.17) is 0 Å². The van der Waals surface area contributed by atoms with Crippen LogP contribution in [-0.2, 0) is 16.1 Å². The first kappa shape index (κ1) is 20.3. The first-order valence-electron chi connectivity index (χ1n) is 8.64. The van der Waals surface area contributed by atoms with Gasteiger partial charge in [-0.05, 0) is 18.1 Å². The van der Waals surface area contributed by atoms with Crippen molar-refractivity contribution in [2.45, 2.75) is 31.5 Å². The molecular formula is C18H27N3O5. The molecule has 1 aliphatic rings. The van der Waals surface area contributed by atoms with Crippen LogP contribution < -0.4 is 10.6 Å². The fraction of sp³-hybridized carbons (Fsp3) is 0.556. The highest BCUT2D eigenvalue weighted by Gasteiger charge is 2.35. The third kappa shape index (κ3) is 4.79. The Morgan fingerprint density at radius 2 is 1.92 bits per heavy atom. The minimum absolute atomic E-state index is 0.126. The maximum atomic E-state index is 12.4. The zero-order valence-electron chi connectivity index (χ0n) is 14.9. The molecule has 144 valence electrons. The molecule has 0 aromatic heterocycles. The molecule has 1 aromatic rings. The van der Waals surface area contributed by atoms with Crippen molar-refractivity contribution in [3.05, 3.63) is 35.4 Å². The Kier molecular flexibility index (Phi) is 7.10. The molecule has 0 bridgehead atoms. The number of aliphatic hydroxyl groups is 3. The van der Waals surface area contributed by atoms with Gasteiger partial charge in [0.2, 0.25) is 11.8 Å². The van der Waals surface area contributed by atoms with E-state index in [-0.39, 0.29) is 12.3 Å². The Morgan fingerprint density at radius 3 is 2.54 bits per heavy atom. The van der Waals surface area contributed by atoms with Gasteiger partial charge in [-0.25, -0.2) is 0 Å². The maximum absolute atomic E-state index is 12.4. The summed E-state index contributed by atoms with van der Waals surface area (Å²) >= 11 is 0. The minimum Gasteiger partial charge on any atom is -0.394 e. The highest BCUT2D eigenvalue weighted by Crippen LogP contribution is 2.17. The number of hydrogen-bond acceptors (Lipinski definition) is 6. The van der Waals surface area contributed by atoms with Crippen molar-refractivity contribution in [1.29, 1.82) is 0 Å². The first-order valence-corrected chi connectivity index (χ1v) is 8.64. The summed E-state index contributed by atoms with van der Waals surface area (Å²) in [6.07, 6.45) is -0.126. The van der Waals surface area contributed by atoms with E-state index < -0.39 is 37.3 Å². The van der Waals surface area contributed by atoms with E-state index in [0.717, 1.165) is 11.1 Å². The quantitative estimate of drug-likeness (QED) is 0.383. The van der Waals surface area contributed by atoms with Gasteiger partial charge in [0.05, 0.1) is 32.3 Å². The number of piperazine rings is 1. The molecule has 1 atom stereocenters. The van der Waals surface area contributed by atoms with Crippen molar-refractivity contribution in [3.8, 4) is 0 Å². The zero-order chi connectivity index (χ0) is 19.2. The standard InChI is InChI=1S/C18H27N3O5/c1-13-4-2-3-5-14(13)9-21-7-6-19-17(26)15(21)8-16(25)20-18(10-22,11-23)12-24/h2-5,15,22-24H,6-12H2,1H3,(H,19,26)(H,20,25)/t15-/m1/s1. The monoisotopic (exact) mass is 365 g/mol. The van der Waals surface area contributed by atoms with Crippen molar-refractivity contribution in [2.75, 3.05) is 32.9 Å². The Balaban J connectivity index is 2.09. The van der Waals surface area contributed by atoms with Gasteiger partial charge in [-0.2, -0.15) is 0 Å². The molecule has 1 heterocycles. The molecule has 1 saturated heterocycles. The lowest BCUT2D eigenvalue weighted by molar-refractivity contribution is -0.135. The van der Waals surface area contributed by atoms with Crippen molar-refractivity contribution in [2.24, 2.45) is 0 Å². The summed E-state index contributed by atoms with van der Waals surface area (Å²) in [5.74, 6) is -0.749. The molecule has 2 rings (SSSR count). The van der Waals surface area contributed by atoms with E-state index in [2.05, 4.69) is 10.6 Å². The molecule has 1 aromatic carbocycles. The predicted molar refractivity (Wildman–Crippen MR) is 95.1 cm³/mol. The number of carbonyl (C=O) groups is 2. The maximum Gasteiger partial charge on any atom is 0.237 e. The van der Waals surface area contributed by atoms with Gasteiger partial charge in [0.25, 0.3) is 0 Å². The van der Waals surface area contributed by atoms with Crippen LogP contribution in [0.4, 0.5) is 0 Å². The van der Waals surface area contributed by atoms with Gasteiger partial charge in [-0.3, -0.25) is 14.5 Å². The third-order valence-corrected chi connectivity index (χ3v) is 4.77. The lowest BCUT2D eigenvalue weighted by atomic mass is 10.0. The van der Waals surface area contributed by atoms with Gasteiger partial charge >= 0.3 is 0 Å². The van der Waals surface area contributed by atoms with Crippen LogP contribution in [0.2, 0.25) is 0 Å². The molecule has 1 fully saturated rings. The highest BCUT2D eigenvalue weighted by atomic mass is 16.3. The second-order valence-electron chi connectivity index (χ2n) is 6.71. The summed E-state index contributed by atoms with van der Waals surface area (Å²) in [5.41, 5.74) is 0.702. The third-order valence-electron chi connectivity index (χ3n) is 4.77. The van der Waals surface area contributed by atoms with Crippen molar-refractivity contribution < 1.29 is 24.9 Å². The topological polar surface area (TPSA) is 122 Å². The minimum atomic E-state index is -1.50. The number of hydrogen-bond donors (Lipinski definition) is 5. The Morgan fingerprint density at radius 1 is 1.27 bits per heavy atom. The molecular weight excluding hydrogens is 338 g/mol. The fourth-order valence-corrected chi connectivity index (χ4v) is 2.97. The van der Waals surface area contributed by atoms with E-state index >= 15 is 0 Å². The summed E-state index contributed by atoms with van der Waals surface area (Å²) in [4.78, 5) is 26.6. The van der Waals surface area contributed by atoms with Gasteiger partial charge in [-0.15, -0.1) is 0 Å². The molecule has 5 N–H and O–H groups in total. The first-order chi connectivity index (χ1) is 12.4. The van der Waals surface area contributed by atoms with Crippen LogP contribution in [0.25, 0.3) is 0 Å². The van der Waals surface area contributed by atoms with Crippen molar-refractivity contribution in [1.82, 2.24) is 15.5 Å². The molecule has 8 nitrogen and oxygen atoms in total. The average molecular weight is 365 g/mol. The second-order valence-corrected chi connectivity index (χ2v) is 6.71. The second kappa shape index (κ2) is 9.09. The molecule has 0 radical (unpaired) electrons. The van der Waals surface area contributed by atoms with Crippen molar-refractivity contribution in [3.63, 3.8) is 0 Å². The van der Waals surface area contributed by atoms with E-state index in [9.17, 15) is 24.9 Å². The summed E-state index contributed by atoms with van der Waals surface area (Å²) in [7, 11) is 0. The summed E-state index contributed by atoms with van der Waals surface area (Å²) < 4.78 is 0. The Labute approximate surface area is 152 Å². The number of nitrogens with one attached hydrogen (secondary N) is 2. The highest BCUT2D eigenvalue weighted by molar-refractivity contribution is 5.89. The number of rotatable bonds is 8. The molecule has 8 heteroatoms. The number of aliphatic hydroxyl groups excluding tert-OH is 3. The Hall–Kier alpha value is -2.00. The van der Waals surface area contributed by atoms with Gasteiger partial charge in [0, 0.05) is 19.6 Å². The molecule has 0 spiro atoms. The van der Waals surface area contributed by atoms with E-state index in [0.29, 0.717) is 19.6 Å². The van der Waals surface area contributed by atoms with Gasteiger partial charge in [0.15, 0.2) is 0 Å². The SMILES string of the molecule is Cc1ccccc1CN1CCNC(=O)[C@H]1CC(=O)NC(CO)(CO)CO. The van der Waals surface area contributed by atoms with Crippen molar-refractivity contribution >= 4 is 11.8 Å². The van der Waals surface area contributed by atoms with Crippen LogP contribution in [0.15, 0.2) is 24.3 Å². The predicted octanol–water partition coefficient (Wildman–Crippen LogP) is -1.48. The number of amides is 2. The lowest BCUT2D eigenvalue weighted by Crippen LogP contribution is -2.60. The lowest BCUT2D eigenvalue weighted by Gasteiger charge is -2.36. The van der Waals surface area contributed by atoms with Gasteiger partial charge in [0.1, 0.15) is 5.54 Å². The smallest absolute Gasteiger partial charge is 0.237 e. The number of carbonyl (C=O) groups excluding carboxylic acids is 2. The molecule has 0 saturated carbocycles. The largest absolute Gasteiger partial charge is 0.394 e. The zero-order valence-corrected chi connectivity index (χ0v) is 14.9. The molecule has 1 aliphatic heterocycles. The van der Waals surface area contributed by atoms with E-state index in [1.54, 1.807) is 0 Å². The van der Waals surface area contributed by atoms with Crippen LogP contribution in [-0.4, -0.2) is 76.5 Å². The molecule has 0 aliphatic carbocycles. The number of nitrogens with zero attached hydrogens (tertiary/aromatic N) is 1. The number of benzene rings is 1. The van der Waals surface area contributed by atoms with Crippen LogP contribution >= 0.6 is 0 Å². The van der Waals surface area contributed by atoms with Crippen LogP contribution in [0.3, 0.4) is 0 Å². The summed E-state index contributed by atoms with van der Waals surface area (Å²) in [6, 6.07) is 7.22. The average Bonchev–Trinajstić information content (AvgIpc) is 2.64. The van der Waals surface area contributed by atoms with E-state index in [1.807, 2.05) is 36.1 Å². The molecule has 26 heavy (non-hydrogen) atoms.